The molecule has 0 saturated carbocycles. The molecule has 0 atom stereocenters. The number of thiophene rings is 3. The summed E-state index contributed by atoms with van der Waals surface area (Å²) >= 11 is 1.27. The van der Waals surface area contributed by atoms with Gasteiger partial charge in [0.2, 0.25) is 0 Å². The van der Waals surface area contributed by atoms with E-state index in [4.69, 9.17) is 8.92 Å². The molecule has 0 amide bonds. The standard InChI is InChI=1S/C4H4S.2C4H3S.7C4H9.2ClH.3Li.2Sn/c3*1-2-4-5-3-1;7*1-3-4-2;;;;;;;/h1-4H;2*1-3H;7*1,3-4H2,2H3;2*1H;;;;;/q;;-1;;;;;;;-1;;;3*+1;;+1/p-2. The monoisotopic (exact) mass is 980 g/mol. The largest absolute Gasteiger partial charge is 1.00 e. The van der Waals surface area contributed by atoms with Crippen molar-refractivity contribution in [3.8, 4) is 0 Å². The molecule has 0 aliphatic heterocycles. The van der Waals surface area contributed by atoms with Crippen molar-refractivity contribution in [3.63, 3.8) is 0 Å². The first-order valence-corrected chi connectivity index (χ1v) is 38.6. The summed E-state index contributed by atoms with van der Waals surface area (Å²) in [7, 11) is 6.89. The minimum atomic E-state index is -2.09. The Morgan fingerprint density at radius 3 is 1.20 bits per heavy atom. The Balaban J connectivity index is -0.000000133. The number of unbranched alkanes of at least 4 members (excludes halogenated alkanes) is 7. The van der Waals surface area contributed by atoms with Gasteiger partial charge in [-0.05, 0) is 10.8 Å². The summed E-state index contributed by atoms with van der Waals surface area (Å²) in [6.07, 6.45) is 18.9. The van der Waals surface area contributed by atoms with E-state index in [2.05, 4.69) is 89.6 Å². The van der Waals surface area contributed by atoms with Gasteiger partial charge in [0, 0.05) is 0 Å². The Hall–Kier alpha value is 3.07. The zero-order chi connectivity index (χ0) is 34.6. The van der Waals surface area contributed by atoms with Crippen LogP contribution in [0.2, 0.25) is 26.6 Å². The first-order chi connectivity index (χ1) is 22.4. The Kier molecular flexibility index (Phi) is 65.1. The van der Waals surface area contributed by atoms with Crippen LogP contribution in [0.4, 0.5) is 0 Å². The predicted molar refractivity (Wildman–Crippen MR) is 227 cm³/mol. The molecule has 0 spiro atoms. The molecule has 0 fully saturated rings. The summed E-state index contributed by atoms with van der Waals surface area (Å²) in [6, 6.07) is 12.7. The molecule has 3 aromatic heterocycles. The van der Waals surface area contributed by atoms with Crippen LogP contribution in [0, 0.1) is 12.3 Å². The number of hydrogen-bond acceptors (Lipinski definition) is 3. The smallest absolute Gasteiger partial charge is 1.00 e. The molecule has 0 saturated heterocycles. The van der Waals surface area contributed by atoms with Crippen LogP contribution in [0.5, 0.6) is 0 Å². The van der Waals surface area contributed by atoms with Crippen LogP contribution in [0.25, 0.3) is 0 Å². The van der Waals surface area contributed by atoms with Crippen molar-refractivity contribution in [1.29, 1.82) is 0 Å². The first kappa shape index (κ1) is 64.9. The third-order valence-electron chi connectivity index (χ3n) is 8.16. The van der Waals surface area contributed by atoms with Gasteiger partial charge in [0.25, 0.3) is 0 Å². The van der Waals surface area contributed by atoms with Gasteiger partial charge in [-0.25, -0.2) is 6.07 Å². The van der Waals surface area contributed by atoms with Gasteiger partial charge in [-0.2, -0.15) is 29.2 Å². The minimum absolute atomic E-state index is 0. The van der Waals surface area contributed by atoms with Crippen LogP contribution < -0.4 is 71.9 Å². The fraction of sp³-hybridized carbons (Fsp3) is 0.675. The van der Waals surface area contributed by atoms with Gasteiger partial charge in [-0.1, -0.05) is 25.5 Å². The van der Waals surface area contributed by atoms with Crippen LogP contribution in [0.15, 0.2) is 57.9 Å². The van der Waals surface area contributed by atoms with Crippen molar-refractivity contribution in [2.75, 3.05) is 0 Å². The fourth-order valence-corrected chi connectivity index (χ4v) is 39.1. The van der Waals surface area contributed by atoms with Crippen molar-refractivity contribution in [2.24, 2.45) is 0 Å². The Morgan fingerprint density at radius 1 is 0.580 bits per heavy atom. The van der Waals surface area contributed by atoms with E-state index >= 15 is 0 Å². The Bertz CT molecular complexity index is 797. The molecular formula is C40H73Cl2Li3S3Sn2. The summed E-state index contributed by atoms with van der Waals surface area (Å²) < 4.78 is 10.9. The molecule has 50 heavy (non-hydrogen) atoms. The van der Waals surface area contributed by atoms with E-state index in [0.717, 1.165) is 6.42 Å². The molecule has 3 heterocycles. The zero-order valence-corrected chi connectivity index (χ0v) is 44.3. The number of rotatable bonds is 20. The SMILES string of the molecule is CCC[CH2][Sn]([CH2]CCC)([CH2]CCC)[c]1cccs1.CCC[CH2][Sn]([Cl])([CH2]CCC)[CH2]CCC.[CH2-]CCC.[Cl-].[Li+].[Li+].[Li+].[c-]1cccs1.c1ccsc1. The zero-order valence-electron chi connectivity index (χ0n) is 34.6. The molecule has 0 unspecified atom stereocenters. The summed E-state index contributed by atoms with van der Waals surface area (Å²) in [5.41, 5.74) is 0. The molecule has 3 aromatic rings. The minimum Gasteiger partial charge on any atom is -1.00 e. The van der Waals surface area contributed by atoms with E-state index in [-0.39, 0.29) is 69.0 Å². The molecule has 3 rings (SSSR count). The van der Waals surface area contributed by atoms with Gasteiger partial charge < -0.3 is 30.7 Å². The van der Waals surface area contributed by atoms with Crippen molar-refractivity contribution >= 4 is 81.5 Å². The summed E-state index contributed by atoms with van der Waals surface area (Å²) in [5, 5.41) is 11.3. The van der Waals surface area contributed by atoms with Crippen molar-refractivity contribution in [2.45, 2.75) is 165 Å². The van der Waals surface area contributed by atoms with Crippen LogP contribution in [0.1, 0.15) is 138 Å². The molecule has 0 aliphatic rings. The second kappa shape index (κ2) is 50.1. The van der Waals surface area contributed by atoms with Crippen molar-refractivity contribution < 1.29 is 69.0 Å². The molecule has 0 bridgehead atoms. The molecule has 0 aromatic carbocycles. The summed E-state index contributed by atoms with van der Waals surface area (Å²) in [6.45, 7) is 19.6. The Labute approximate surface area is 380 Å². The van der Waals surface area contributed by atoms with Gasteiger partial charge in [-0.3, -0.25) is 0 Å². The van der Waals surface area contributed by atoms with Crippen molar-refractivity contribution in [1.82, 2.24) is 0 Å². The predicted octanol–water partition coefficient (Wildman–Crippen LogP) is 4.31. The molecule has 0 radical (unpaired) electrons. The molecule has 0 nitrogen and oxygen atoms in total. The third-order valence-corrected chi connectivity index (χ3v) is 43.1. The normalized spacial score (nSPS) is 9.86. The Morgan fingerprint density at radius 2 is 0.980 bits per heavy atom. The maximum atomic E-state index is 6.89. The average Bonchev–Trinajstić information content (AvgIpc) is 3.93. The van der Waals surface area contributed by atoms with Crippen LogP contribution in [0.3, 0.4) is 0 Å². The topological polar surface area (TPSA) is 0 Å². The average molecular weight is 979 g/mol. The van der Waals surface area contributed by atoms with E-state index < -0.39 is 35.6 Å². The molecule has 0 N–H and O–H groups in total. The quantitative estimate of drug-likeness (QED) is 0.117. The summed E-state index contributed by atoms with van der Waals surface area (Å²) in [4.78, 5) is 0. The fourth-order valence-electron chi connectivity index (χ4n) is 5.15. The van der Waals surface area contributed by atoms with E-state index in [9.17, 15) is 0 Å². The summed E-state index contributed by atoms with van der Waals surface area (Å²) in [5.74, 6) is 0. The van der Waals surface area contributed by atoms with Gasteiger partial charge in [0.05, 0.1) is 0 Å². The van der Waals surface area contributed by atoms with Gasteiger partial charge in [0.15, 0.2) is 0 Å². The third kappa shape index (κ3) is 39.3. The van der Waals surface area contributed by atoms with Gasteiger partial charge >= 0.3 is 278 Å². The molecule has 10 heteroatoms. The molecular weight excluding hydrogens is 906 g/mol. The van der Waals surface area contributed by atoms with E-state index in [0.29, 0.717) is 0 Å². The first-order valence-electron chi connectivity index (χ1n) is 18.8. The van der Waals surface area contributed by atoms with Crippen LogP contribution >= 0.6 is 42.9 Å². The molecule has 0 aliphatic carbocycles. The maximum absolute atomic E-state index is 6.89. The number of hydrogen-bond donors (Lipinski definition) is 0. The second-order valence-electron chi connectivity index (χ2n) is 12.4. The van der Waals surface area contributed by atoms with Crippen LogP contribution in [-0.4, -0.2) is 35.6 Å². The van der Waals surface area contributed by atoms with E-state index in [1.807, 2.05) is 43.3 Å². The van der Waals surface area contributed by atoms with Crippen molar-refractivity contribution in [3.05, 3.63) is 70.2 Å². The number of halogens is 2. The molecule has 276 valence electrons. The van der Waals surface area contributed by atoms with Gasteiger partial charge in [-0.15, -0.1) is 5.38 Å². The second-order valence-corrected chi connectivity index (χ2v) is 45.3. The van der Waals surface area contributed by atoms with E-state index in [1.165, 1.54) is 96.8 Å². The van der Waals surface area contributed by atoms with E-state index in [1.54, 1.807) is 36.0 Å². The van der Waals surface area contributed by atoms with Crippen LogP contribution in [-0.2, 0) is 0 Å². The van der Waals surface area contributed by atoms with Gasteiger partial charge in [0.1, 0.15) is 0 Å². The maximum Gasteiger partial charge on any atom is 1.00 e.